The van der Waals surface area contributed by atoms with Gasteiger partial charge in [0.25, 0.3) is 0 Å². The zero-order chi connectivity index (χ0) is 14.3. The molecule has 0 unspecified atom stereocenters. The molecule has 116 valence electrons. The quantitative estimate of drug-likeness (QED) is 0.766. The molecule has 0 amide bonds. The second-order valence-electron chi connectivity index (χ2n) is 5.54. The second kappa shape index (κ2) is 8.64. The predicted octanol–water partition coefficient (Wildman–Crippen LogP) is 4.10. The third kappa shape index (κ3) is 4.92. The first-order chi connectivity index (χ1) is 10.4. The Kier molecular flexibility index (Phi) is 6.53. The summed E-state index contributed by atoms with van der Waals surface area (Å²) in [5.74, 6) is 0. The van der Waals surface area contributed by atoms with Gasteiger partial charge in [0, 0.05) is 25.5 Å². The highest BCUT2D eigenvalue weighted by Gasteiger charge is 2.11. The van der Waals surface area contributed by atoms with E-state index in [0.29, 0.717) is 0 Å². The molecule has 2 aromatic carbocycles. The van der Waals surface area contributed by atoms with E-state index in [1.165, 1.54) is 11.1 Å². The first-order valence-corrected chi connectivity index (χ1v) is 7.64. The van der Waals surface area contributed by atoms with E-state index in [-0.39, 0.29) is 17.0 Å². The maximum atomic E-state index is 2.39. The van der Waals surface area contributed by atoms with Crippen molar-refractivity contribution < 1.29 is 0 Å². The van der Waals surface area contributed by atoms with Crippen LogP contribution in [-0.4, -0.2) is 29.6 Å². The van der Waals surface area contributed by atoms with E-state index in [2.05, 4.69) is 82.9 Å². The molecule has 22 heavy (non-hydrogen) atoms. The Morgan fingerprint density at radius 2 is 1.05 bits per heavy atom. The maximum Gasteiger partial charge on any atom is 0.0893 e. The largest absolute Gasteiger partial charge is 0.358 e. The fraction of sp³-hybridized carbons (Fsp3) is 0.263. The monoisotopic (exact) mass is 358 g/mol. The van der Waals surface area contributed by atoms with Gasteiger partial charge in [-0.15, -0.1) is 17.0 Å². The molecule has 1 heterocycles. The maximum absolute atomic E-state index is 2.39. The van der Waals surface area contributed by atoms with E-state index in [9.17, 15) is 0 Å². The van der Waals surface area contributed by atoms with Crippen LogP contribution in [0.2, 0.25) is 0 Å². The van der Waals surface area contributed by atoms with Crippen molar-refractivity contribution in [3.8, 4) is 0 Å². The number of benzene rings is 2. The zero-order valence-corrected chi connectivity index (χ0v) is 14.5. The first kappa shape index (κ1) is 16.6. The van der Waals surface area contributed by atoms with Crippen LogP contribution >= 0.6 is 17.0 Å². The average Bonchev–Trinajstić information content (AvgIpc) is 3.01. The van der Waals surface area contributed by atoms with Crippen molar-refractivity contribution in [2.75, 3.05) is 19.8 Å². The van der Waals surface area contributed by atoms with Gasteiger partial charge in [0.1, 0.15) is 0 Å². The molecular weight excluding hydrogens is 336 g/mol. The van der Waals surface area contributed by atoms with E-state index in [1.807, 2.05) is 0 Å². The van der Waals surface area contributed by atoms with E-state index < -0.39 is 0 Å². The van der Waals surface area contributed by atoms with Gasteiger partial charge in [-0.3, -0.25) is 0 Å². The van der Waals surface area contributed by atoms with Crippen molar-refractivity contribution in [2.24, 2.45) is 0 Å². The van der Waals surface area contributed by atoms with Crippen molar-refractivity contribution in [2.45, 2.75) is 12.8 Å². The normalized spacial score (nSPS) is 13.3. The Labute approximate surface area is 143 Å². The van der Waals surface area contributed by atoms with Gasteiger partial charge >= 0.3 is 0 Å². The second-order valence-corrected chi connectivity index (χ2v) is 5.54. The Hall–Kier alpha value is -1.74. The average molecular weight is 359 g/mol. The van der Waals surface area contributed by atoms with Crippen molar-refractivity contribution in [1.82, 2.24) is 9.80 Å². The highest BCUT2D eigenvalue weighted by atomic mass is 79.9. The van der Waals surface area contributed by atoms with Gasteiger partial charge in [0.2, 0.25) is 0 Å². The van der Waals surface area contributed by atoms with Gasteiger partial charge in [0.05, 0.1) is 6.67 Å². The van der Waals surface area contributed by atoms with Gasteiger partial charge in [-0.2, -0.15) is 0 Å². The lowest BCUT2D eigenvalue weighted by molar-refractivity contribution is 0.269. The van der Waals surface area contributed by atoms with Crippen LogP contribution in [0.15, 0.2) is 73.1 Å². The van der Waals surface area contributed by atoms with Gasteiger partial charge < -0.3 is 9.80 Å². The van der Waals surface area contributed by atoms with Gasteiger partial charge in [-0.05, 0) is 24.0 Å². The number of halogens is 1. The minimum absolute atomic E-state index is 0. The lowest BCUT2D eigenvalue weighted by atomic mass is 10.1. The highest BCUT2D eigenvalue weighted by Crippen LogP contribution is 2.10. The number of hydrogen-bond acceptors (Lipinski definition) is 2. The summed E-state index contributed by atoms with van der Waals surface area (Å²) in [7, 11) is 0. The van der Waals surface area contributed by atoms with E-state index >= 15 is 0 Å². The fourth-order valence-electron chi connectivity index (χ4n) is 2.64. The Bertz CT molecular complexity index is 517. The molecule has 0 atom stereocenters. The molecule has 0 spiro atoms. The highest BCUT2D eigenvalue weighted by molar-refractivity contribution is 8.93. The molecular formula is C19H23BrN2. The smallest absolute Gasteiger partial charge is 0.0893 e. The van der Waals surface area contributed by atoms with Crippen molar-refractivity contribution >= 4 is 17.0 Å². The molecule has 3 rings (SSSR count). The minimum Gasteiger partial charge on any atom is -0.358 e. The molecule has 0 saturated heterocycles. The summed E-state index contributed by atoms with van der Waals surface area (Å²) in [5, 5.41) is 0. The van der Waals surface area contributed by atoms with Crippen LogP contribution in [0.4, 0.5) is 0 Å². The third-order valence-electron chi connectivity index (χ3n) is 3.91. The molecule has 0 N–H and O–H groups in total. The predicted molar refractivity (Wildman–Crippen MR) is 98.0 cm³/mol. The standard InChI is InChI=1S/C19H22N2.BrH/c1-3-7-18(8-4-1)11-13-20-15-16-21(17-20)14-12-19-9-5-2-6-10-19;/h1-10,15-16H,11-14,17H2;1H. The van der Waals surface area contributed by atoms with Gasteiger partial charge in [-0.25, -0.2) is 0 Å². The lowest BCUT2D eigenvalue weighted by Gasteiger charge is -2.21. The Balaban J connectivity index is 0.00000176. The van der Waals surface area contributed by atoms with Crippen molar-refractivity contribution in [3.63, 3.8) is 0 Å². The van der Waals surface area contributed by atoms with Crippen LogP contribution in [0.1, 0.15) is 11.1 Å². The van der Waals surface area contributed by atoms with Crippen LogP contribution in [0.5, 0.6) is 0 Å². The van der Waals surface area contributed by atoms with Crippen molar-refractivity contribution in [1.29, 1.82) is 0 Å². The summed E-state index contributed by atoms with van der Waals surface area (Å²) in [6.45, 7) is 3.18. The molecule has 1 aliphatic rings. The first-order valence-electron chi connectivity index (χ1n) is 7.64. The summed E-state index contributed by atoms with van der Waals surface area (Å²) >= 11 is 0. The lowest BCUT2D eigenvalue weighted by Crippen LogP contribution is -2.28. The van der Waals surface area contributed by atoms with Crippen LogP contribution in [-0.2, 0) is 12.8 Å². The molecule has 1 aliphatic heterocycles. The minimum atomic E-state index is 0. The van der Waals surface area contributed by atoms with Crippen LogP contribution in [0, 0.1) is 0 Å². The van der Waals surface area contributed by atoms with Gasteiger partial charge in [0.15, 0.2) is 0 Å². The van der Waals surface area contributed by atoms with E-state index in [1.54, 1.807) is 0 Å². The van der Waals surface area contributed by atoms with Gasteiger partial charge in [-0.1, -0.05) is 60.7 Å². The zero-order valence-electron chi connectivity index (χ0n) is 12.8. The van der Waals surface area contributed by atoms with Crippen LogP contribution in [0.25, 0.3) is 0 Å². The van der Waals surface area contributed by atoms with E-state index in [4.69, 9.17) is 0 Å². The Morgan fingerprint density at radius 3 is 1.45 bits per heavy atom. The summed E-state index contributed by atoms with van der Waals surface area (Å²) in [5.41, 5.74) is 2.82. The third-order valence-corrected chi connectivity index (χ3v) is 3.91. The fourth-order valence-corrected chi connectivity index (χ4v) is 2.64. The number of nitrogens with zero attached hydrogens (tertiary/aromatic N) is 2. The Morgan fingerprint density at radius 1 is 0.636 bits per heavy atom. The number of rotatable bonds is 6. The molecule has 0 saturated carbocycles. The van der Waals surface area contributed by atoms with Crippen molar-refractivity contribution in [3.05, 3.63) is 84.2 Å². The molecule has 0 bridgehead atoms. The molecule has 0 aliphatic carbocycles. The van der Waals surface area contributed by atoms with Crippen LogP contribution in [0.3, 0.4) is 0 Å². The summed E-state index contributed by atoms with van der Waals surface area (Å²) < 4.78 is 0. The van der Waals surface area contributed by atoms with E-state index in [0.717, 1.165) is 32.6 Å². The molecule has 0 radical (unpaired) electrons. The molecule has 0 aromatic heterocycles. The topological polar surface area (TPSA) is 6.48 Å². The van der Waals surface area contributed by atoms with Crippen LogP contribution < -0.4 is 0 Å². The molecule has 0 fully saturated rings. The number of hydrogen-bond donors (Lipinski definition) is 0. The molecule has 3 heteroatoms. The summed E-state index contributed by atoms with van der Waals surface area (Å²) in [6.07, 6.45) is 6.65. The summed E-state index contributed by atoms with van der Waals surface area (Å²) in [6, 6.07) is 21.4. The summed E-state index contributed by atoms with van der Waals surface area (Å²) in [4.78, 5) is 4.77. The SMILES string of the molecule is Br.C1=CN(CCc2ccccc2)CN1CCc1ccccc1. The molecule has 2 nitrogen and oxygen atoms in total. The molecule has 2 aromatic rings.